The van der Waals surface area contributed by atoms with Crippen LogP contribution in [0.1, 0.15) is 30.9 Å². The molecule has 1 aliphatic heterocycles. The quantitative estimate of drug-likeness (QED) is 0.851. The number of rotatable bonds is 5. The van der Waals surface area contributed by atoms with Crippen LogP contribution < -0.4 is 10.6 Å². The lowest BCUT2D eigenvalue weighted by atomic mass is 10.1. The van der Waals surface area contributed by atoms with Crippen molar-refractivity contribution in [1.29, 1.82) is 0 Å². The fraction of sp³-hybridized carbons (Fsp3) is 0.579. The normalized spacial score (nSPS) is 19.4. The number of hydrogen-bond acceptors (Lipinski definition) is 3. The number of benzene rings is 1. The summed E-state index contributed by atoms with van der Waals surface area (Å²) in [5, 5.41) is 6.06. The van der Waals surface area contributed by atoms with E-state index in [2.05, 4.69) is 15.5 Å². The molecular formula is C19H28N4O2. The van der Waals surface area contributed by atoms with E-state index in [9.17, 15) is 9.59 Å². The van der Waals surface area contributed by atoms with Crippen LogP contribution >= 0.6 is 0 Å². The molecule has 1 saturated carbocycles. The topological polar surface area (TPSA) is 64.7 Å². The van der Waals surface area contributed by atoms with Crippen molar-refractivity contribution in [3.05, 3.63) is 35.4 Å². The Bertz CT molecular complexity index is 622. The molecule has 3 rings (SSSR count). The molecule has 1 atom stereocenters. The zero-order chi connectivity index (χ0) is 17.8. The van der Waals surface area contributed by atoms with E-state index < -0.39 is 0 Å². The van der Waals surface area contributed by atoms with Gasteiger partial charge in [-0.15, -0.1) is 0 Å². The van der Waals surface area contributed by atoms with E-state index in [4.69, 9.17) is 0 Å². The zero-order valence-corrected chi connectivity index (χ0v) is 15.1. The molecule has 6 nitrogen and oxygen atoms in total. The summed E-state index contributed by atoms with van der Waals surface area (Å²) in [6, 6.07) is 8.31. The number of urea groups is 1. The molecule has 1 unspecified atom stereocenters. The van der Waals surface area contributed by atoms with Crippen LogP contribution in [-0.2, 0) is 11.3 Å². The first-order chi connectivity index (χ1) is 12.0. The van der Waals surface area contributed by atoms with Gasteiger partial charge in [-0.25, -0.2) is 4.79 Å². The third kappa shape index (κ3) is 4.72. The van der Waals surface area contributed by atoms with Crippen LogP contribution in [0.4, 0.5) is 4.79 Å². The number of piperazine rings is 1. The van der Waals surface area contributed by atoms with Gasteiger partial charge < -0.3 is 15.5 Å². The van der Waals surface area contributed by atoms with Crippen molar-refractivity contribution in [2.75, 3.05) is 26.2 Å². The van der Waals surface area contributed by atoms with Gasteiger partial charge in [0.15, 0.2) is 0 Å². The molecule has 0 bridgehead atoms. The number of amides is 3. The molecule has 2 aliphatic rings. The lowest BCUT2D eigenvalue weighted by Gasteiger charge is -2.37. The number of carbonyl (C=O) groups excluding carboxylic acids is 2. The largest absolute Gasteiger partial charge is 0.352 e. The molecule has 1 aromatic carbocycles. The van der Waals surface area contributed by atoms with Crippen LogP contribution in [0, 0.1) is 6.92 Å². The summed E-state index contributed by atoms with van der Waals surface area (Å²) in [6.45, 7) is 7.32. The average molecular weight is 344 g/mol. The van der Waals surface area contributed by atoms with E-state index in [1.54, 1.807) is 0 Å². The number of carbonyl (C=O) groups is 2. The fourth-order valence-electron chi connectivity index (χ4n) is 3.12. The Balaban J connectivity index is 1.42. The minimum absolute atomic E-state index is 0.0296. The molecule has 25 heavy (non-hydrogen) atoms. The molecule has 6 heteroatoms. The van der Waals surface area contributed by atoms with E-state index in [1.807, 2.05) is 43.0 Å². The molecule has 0 radical (unpaired) electrons. The molecule has 0 aromatic heterocycles. The Morgan fingerprint density at radius 2 is 1.84 bits per heavy atom. The molecule has 1 aliphatic carbocycles. The van der Waals surface area contributed by atoms with Crippen LogP contribution in [0.3, 0.4) is 0 Å². The molecule has 1 heterocycles. The molecule has 136 valence electrons. The van der Waals surface area contributed by atoms with Gasteiger partial charge in [0.1, 0.15) is 0 Å². The smallest absolute Gasteiger partial charge is 0.317 e. The second-order valence-electron chi connectivity index (χ2n) is 7.07. The summed E-state index contributed by atoms with van der Waals surface area (Å²) in [5.41, 5.74) is 2.32. The standard InChI is InChI=1S/C19H28N4O2/c1-14-5-3-4-6-16(14)13-20-19(25)23-11-9-22(10-12-23)15(2)18(24)21-17-7-8-17/h3-6,15,17H,7-13H2,1-2H3,(H,20,25)(H,21,24). The van der Waals surface area contributed by atoms with E-state index in [0.717, 1.165) is 31.5 Å². The summed E-state index contributed by atoms with van der Waals surface area (Å²) in [6.07, 6.45) is 2.21. The van der Waals surface area contributed by atoms with Gasteiger partial charge in [-0.2, -0.15) is 0 Å². The summed E-state index contributed by atoms with van der Waals surface area (Å²) in [4.78, 5) is 28.5. The van der Waals surface area contributed by atoms with Gasteiger partial charge in [0.25, 0.3) is 0 Å². The monoisotopic (exact) mass is 344 g/mol. The second kappa shape index (κ2) is 7.87. The Morgan fingerprint density at radius 1 is 1.16 bits per heavy atom. The predicted molar refractivity (Wildman–Crippen MR) is 97.2 cm³/mol. The molecule has 1 saturated heterocycles. The van der Waals surface area contributed by atoms with Gasteiger partial charge in [0.2, 0.25) is 5.91 Å². The van der Waals surface area contributed by atoms with Crippen LogP contribution in [0.2, 0.25) is 0 Å². The van der Waals surface area contributed by atoms with Gasteiger partial charge in [-0.3, -0.25) is 9.69 Å². The van der Waals surface area contributed by atoms with Crippen molar-refractivity contribution >= 4 is 11.9 Å². The van der Waals surface area contributed by atoms with Crippen LogP contribution in [-0.4, -0.2) is 60.0 Å². The molecule has 3 amide bonds. The maximum absolute atomic E-state index is 12.4. The molecule has 2 fully saturated rings. The van der Waals surface area contributed by atoms with Crippen molar-refractivity contribution in [3.8, 4) is 0 Å². The average Bonchev–Trinajstić information content (AvgIpc) is 3.44. The Kier molecular flexibility index (Phi) is 5.58. The highest BCUT2D eigenvalue weighted by Crippen LogP contribution is 2.19. The van der Waals surface area contributed by atoms with Crippen LogP contribution in [0.5, 0.6) is 0 Å². The fourth-order valence-corrected chi connectivity index (χ4v) is 3.12. The molecular weight excluding hydrogens is 316 g/mol. The summed E-state index contributed by atoms with van der Waals surface area (Å²) in [7, 11) is 0. The molecule has 1 aromatic rings. The van der Waals surface area contributed by atoms with Crippen molar-refractivity contribution in [3.63, 3.8) is 0 Å². The molecule has 0 spiro atoms. The number of hydrogen-bond donors (Lipinski definition) is 2. The second-order valence-corrected chi connectivity index (χ2v) is 7.07. The maximum atomic E-state index is 12.4. The predicted octanol–water partition coefficient (Wildman–Crippen LogP) is 1.49. The van der Waals surface area contributed by atoms with Crippen molar-refractivity contribution in [2.45, 2.75) is 45.3 Å². The number of aryl methyl sites for hydroxylation is 1. The minimum Gasteiger partial charge on any atom is -0.352 e. The zero-order valence-electron chi connectivity index (χ0n) is 15.1. The lowest BCUT2D eigenvalue weighted by Crippen LogP contribution is -2.56. The summed E-state index contributed by atoms with van der Waals surface area (Å²) >= 11 is 0. The van der Waals surface area contributed by atoms with E-state index in [1.165, 1.54) is 5.56 Å². The third-order valence-corrected chi connectivity index (χ3v) is 5.14. The minimum atomic E-state index is -0.127. The number of nitrogens with zero attached hydrogens (tertiary/aromatic N) is 2. The van der Waals surface area contributed by atoms with Crippen molar-refractivity contribution in [2.24, 2.45) is 0 Å². The van der Waals surface area contributed by atoms with Gasteiger partial charge in [-0.1, -0.05) is 24.3 Å². The van der Waals surface area contributed by atoms with Gasteiger partial charge in [0, 0.05) is 38.8 Å². The lowest BCUT2D eigenvalue weighted by molar-refractivity contribution is -0.126. The maximum Gasteiger partial charge on any atom is 0.317 e. The Labute approximate surface area is 149 Å². The highest BCUT2D eigenvalue weighted by molar-refractivity contribution is 5.82. The summed E-state index contributed by atoms with van der Waals surface area (Å²) < 4.78 is 0. The van der Waals surface area contributed by atoms with Crippen LogP contribution in [0.15, 0.2) is 24.3 Å². The van der Waals surface area contributed by atoms with Gasteiger partial charge >= 0.3 is 6.03 Å². The van der Waals surface area contributed by atoms with E-state index in [-0.39, 0.29) is 18.0 Å². The highest BCUT2D eigenvalue weighted by Gasteiger charge is 2.30. The first-order valence-electron chi connectivity index (χ1n) is 9.16. The van der Waals surface area contributed by atoms with E-state index in [0.29, 0.717) is 25.7 Å². The third-order valence-electron chi connectivity index (χ3n) is 5.14. The Morgan fingerprint density at radius 3 is 2.48 bits per heavy atom. The SMILES string of the molecule is Cc1ccccc1CNC(=O)N1CCN(C(C)C(=O)NC2CC2)CC1. The molecule has 2 N–H and O–H groups in total. The van der Waals surface area contributed by atoms with E-state index >= 15 is 0 Å². The number of nitrogens with one attached hydrogen (secondary N) is 2. The van der Waals surface area contributed by atoms with Gasteiger partial charge in [-0.05, 0) is 37.8 Å². The van der Waals surface area contributed by atoms with Crippen LogP contribution in [0.25, 0.3) is 0 Å². The van der Waals surface area contributed by atoms with Gasteiger partial charge in [0.05, 0.1) is 6.04 Å². The Hall–Kier alpha value is -2.08. The summed E-state index contributed by atoms with van der Waals surface area (Å²) in [5.74, 6) is 0.111. The highest BCUT2D eigenvalue weighted by atomic mass is 16.2. The first-order valence-corrected chi connectivity index (χ1v) is 9.16. The first kappa shape index (κ1) is 17.7. The van der Waals surface area contributed by atoms with Crippen molar-refractivity contribution in [1.82, 2.24) is 20.4 Å². The van der Waals surface area contributed by atoms with Crippen molar-refractivity contribution < 1.29 is 9.59 Å².